The molecule has 1 aromatic heterocycles. The van der Waals surface area contributed by atoms with Crippen LogP contribution in [0, 0.1) is 12.8 Å². The molecule has 100 valence electrons. The Balaban J connectivity index is 1.72. The smallest absolute Gasteiger partial charge is 0.0648 e. The third-order valence-corrected chi connectivity index (χ3v) is 3.89. The monoisotopic (exact) mass is 255 g/mol. The van der Waals surface area contributed by atoms with Crippen molar-refractivity contribution in [3.63, 3.8) is 0 Å². The first kappa shape index (κ1) is 12.4. The molecule has 2 aromatic rings. The van der Waals surface area contributed by atoms with Crippen molar-refractivity contribution >= 4 is 0 Å². The van der Waals surface area contributed by atoms with Gasteiger partial charge in [0.1, 0.15) is 0 Å². The molecule has 3 rings (SSSR count). The second-order valence-corrected chi connectivity index (χ2v) is 5.53. The minimum atomic E-state index is 0.816. The van der Waals surface area contributed by atoms with E-state index in [-0.39, 0.29) is 0 Å². The standard InChI is InChI=1S/C16H21N3/c1-13-3-2-4-16(9-13)19-12-15(11-18-19)10-14-5-7-17-8-6-14/h2-4,9,11-12,14,17H,5-8,10H2,1H3. The maximum Gasteiger partial charge on any atom is 0.0648 e. The van der Waals surface area contributed by atoms with Crippen LogP contribution in [-0.4, -0.2) is 22.9 Å². The van der Waals surface area contributed by atoms with E-state index in [1.807, 2.05) is 10.9 Å². The van der Waals surface area contributed by atoms with Crippen LogP contribution in [0.25, 0.3) is 5.69 Å². The summed E-state index contributed by atoms with van der Waals surface area (Å²) in [6.07, 6.45) is 7.93. The van der Waals surface area contributed by atoms with Crippen molar-refractivity contribution in [2.24, 2.45) is 5.92 Å². The molecule has 1 aromatic carbocycles. The molecule has 0 spiro atoms. The molecule has 3 heteroatoms. The van der Waals surface area contributed by atoms with Gasteiger partial charge >= 0.3 is 0 Å². The number of rotatable bonds is 3. The summed E-state index contributed by atoms with van der Waals surface area (Å²) in [5.41, 5.74) is 3.78. The summed E-state index contributed by atoms with van der Waals surface area (Å²) in [6, 6.07) is 8.47. The maximum atomic E-state index is 4.49. The lowest BCUT2D eigenvalue weighted by Crippen LogP contribution is -2.28. The average Bonchev–Trinajstić information content (AvgIpc) is 2.88. The van der Waals surface area contributed by atoms with Crippen LogP contribution in [0.1, 0.15) is 24.0 Å². The third kappa shape index (κ3) is 3.04. The number of aryl methyl sites for hydroxylation is 1. The van der Waals surface area contributed by atoms with Gasteiger partial charge in [-0.1, -0.05) is 12.1 Å². The van der Waals surface area contributed by atoms with E-state index in [0.717, 1.165) is 31.1 Å². The van der Waals surface area contributed by atoms with Gasteiger partial charge in [-0.15, -0.1) is 0 Å². The fourth-order valence-electron chi connectivity index (χ4n) is 2.80. The summed E-state index contributed by atoms with van der Waals surface area (Å²) < 4.78 is 1.99. The van der Waals surface area contributed by atoms with Crippen LogP contribution in [0.3, 0.4) is 0 Å². The van der Waals surface area contributed by atoms with E-state index in [0.29, 0.717) is 0 Å². The quantitative estimate of drug-likeness (QED) is 0.914. The van der Waals surface area contributed by atoms with Crippen LogP contribution in [0.5, 0.6) is 0 Å². The van der Waals surface area contributed by atoms with Gasteiger partial charge < -0.3 is 5.32 Å². The summed E-state index contributed by atoms with van der Waals surface area (Å²) in [5.74, 6) is 0.816. The molecule has 1 N–H and O–H groups in total. The predicted octanol–water partition coefficient (Wildman–Crippen LogP) is 2.72. The zero-order chi connectivity index (χ0) is 13.1. The Kier molecular flexibility index (Phi) is 3.65. The number of piperidine rings is 1. The molecule has 0 atom stereocenters. The Bertz CT molecular complexity index is 538. The molecule has 0 saturated carbocycles. The number of hydrogen-bond donors (Lipinski definition) is 1. The Morgan fingerprint density at radius 2 is 2.16 bits per heavy atom. The molecule has 1 aliphatic heterocycles. The molecule has 0 amide bonds. The molecular formula is C16H21N3. The summed E-state index contributed by atoms with van der Waals surface area (Å²) in [7, 11) is 0. The van der Waals surface area contributed by atoms with Crippen LogP contribution < -0.4 is 5.32 Å². The van der Waals surface area contributed by atoms with Crippen LogP contribution in [0.2, 0.25) is 0 Å². The predicted molar refractivity (Wildman–Crippen MR) is 77.6 cm³/mol. The number of aromatic nitrogens is 2. The fourth-order valence-corrected chi connectivity index (χ4v) is 2.80. The van der Waals surface area contributed by atoms with Crippen molar-refractivity contribution in [3.05, 3.63) is 47.8 Å². The van der Waals surface area contributed by atoms with Gasteiger partial charge in [-0.25, -0.2) is 4.68 Å². The van der Waals surface area contributed by atoms with Gasteiger partial charge in [-0.3, -0.25) is 0 Å². The van der Waals surface area contributed by atoms with Crippen LogP contribution in [0.15, 0.2) is 36.7 Å². The molecule has 19 heavy (non-hydrogen) atoms. The molecule has 1 aliphatic rings. The topological polar surface area (TPSA) is 29.9 Å². The van der Waals surface area contributed by atoms with Gasteiger partial charge in [0.25, 0.3) is 0 Å². The van der Waals surface area contributed by atoms with Crippen molar-refractivity contribution in [2.45, 2.75) is 26.2 Å². The maximum absolute atomic E-state index is 4.49. The Labute approximate surface area is 114 Å². The lowest BCUT2D eigenvalue weighted by molar-refractivity contribution is 0.372. The lowest BCUT2D eigenvalue weighted by Gasteiger charge is -2.21. The van der Waals surface area contributed by atoms with Crippen molar-refractivity contribution in [1.29, 1.82) is 0 Å². The highest BCUT2D eigenvalue weighted by atomic mass is 15.3. The molecule has 0 unspecified atom stereocenters. The van der Waals surface area contributed by atoms with Gasteiger partial charge in [0.05, 0.1) is 11.9 Å². The highest BCUT2D eigenvalue weighted by molar-refractivity contribution is 5.35. The first-order valence-corrected chi connectivity index (χ1v) is 7.12. The minimum Gasteiger partial charge on any atom is -0.317 e. The van der Waals surface area contributed by atoms with Crippen molar-refractivity contribution in [3.8, 4) is 5.69 Å². The molecule has 0 radical (unpaired) electrons. The third-order valence-electron chi connectivity index (χ3n) is 3.89. The van der Waals surface area contributed by atoms with Crippen molar-refractivity contribution < 1.29 is 0 Å². The largest absolute Gasteiger partial charge is 0.317 e. The molecule has 1 fully saturated rings. The van der Waals surface area contributed by atoms with Gasteiger partial charge in [-0.05, 0) is 68.5 Å². The summed E-state index contributed by atoms with van der Waals surface area (Å²) in [4.78, 5) is 0. The van der Waals surface area contributed by atoms with E-state index in [1.54, 1.807) is 0 Å². The molecule has 0 bridgehead atoms. The van der Waals surface area contributed by atoms with E-state index in [9.17, 15) is 0 Å². The normalized spacial score (nSPS) is 16.7. The van der Waals surface area contributed by atoms with E-state index >= 15 is 0 Å². The average molecular weight is 255 g/mol. The van der Waals surface area contributed by atoms with Gasteiger partial charge in [0.15, 0.2) is 0 Å². The first-order valence-electron chi connectivity index (χ1n) is 7.12. The van der Waals surface area contributed by atoms with E-state index in [4.69, 9.17) is 0 Å². The molecule has 3 nitrogen and oxygen atoms in total. The number of benzene rings is 1. The van der Waals surface area contributed by atoms with Crippen LogP contribution in [-0.2, 0) is 6.42 Å². The van der Waals surface area contributed by atoms with Crippen LogP contribution >= 0.6 is 0 Å². The molecule has 0 aliphatic carbocycles. The van der Waals surface area contributed by atoms with Gasteiger partial charge in [-0.2, -0.15) is 5.10 Å². The fraction of sp³-hybridized carbons (Fsp3) is 0.438. The lowest BCUT2D eigenvalue weighted by atomic mass is 9.92. The number of hydrogen-bond acceptors (Lipinski definition) is 2. The van der Waals surface area contributed by atoms with E-state index < -0.39 is 0 Å². The Morgan fingerprint density at radius 3 is 2.95 bits per heavy atom. The molecule has 2 heterocycles. The zero-order valence-electron chi connectivity index (χ0n) is 11.5. The number of nitrogens with one attached hydrogen (secondary N) is 1. The van der Waals surface area contributed by atoms with Crippen LogP contribution in [0.4, 0.5) is 0 Å². The second kappa shape index (κ2) is 5.57. The summed E-state index contributed by atoms with van der Waals surface area (Å²) >= 11 is 0. The highest BCUT2D eigenvalue weighted by Gasteiger charge is 2.14. The van der Waals surface area contributed by atoms with E-state index in [2.05, 4.69) is 47.8 Å². The van der Waals surface area contributed by atoms with Crippen molar-refractivity contribution in [1.82, 2.24) is 15.1 Å². The molecular weight excluding hydrogens is 234 g/mol. The van der Waals surface area contributed by atoms with E-state index in [1.165, 1.54) is 24.0 Å². The minimum absolute atomic E-state index is 0.816. The Morgan fingerprint density at radius 1 is 1.32 bits per heavy atom. The first-order chi connectivity index (χ1) is 9.31. The Hall–Kier alpha value is -1.61. The zero-order valence-corrected chi connectivity index (χ0v) is 11.5. The molecule has 1 saturated heterocycles. The second-order valence-electron chi connectivity index (χ2n) is 5.53. The summed E-state index contributed by atoms with van der Waals surface area (Å²) in [5, 5.41) is 7.91. The summed E-state index contributed by atoms with van der Waals surface area (Å²) in [6.45, 7) is 4.44. The SMILES string of the molecule is Cc1cccc(-n2cc(CC3CCNCC3)cn2)c1. The van der Waals surface area contributed by atoms with Gasteiger partial charge in [0.2, 0.25) is 0 Å². The van der Waals surface area contributed by atoms with Crippen molar-refractivity contribution in [2.75, 3.05) is 13.1 Å². The number of nitrogens with zero attached hydrogens (tertiary/aromatic N) is 2. The highest BCUT2D eigenvalue weighted by Crippen LogP contribution is 2.18. The van der Waals surface area contributed by atoms with Gasteiger partial charge in [0, 0.05) is 6.20 Å².